The second-order valence-electron chi connectivity index (χ2n) is 24.3. The van der Waals surface area contributed by atoms with Crippen LogP contribution in [-0.4, -0.2) is 106 Å². The maximum absolute atomic E-state index is 11.9. The summed E-state index contributed by atoms with van der Waals surface area (Å²) in [5.41, 5.74) is 14.2. The number of β-amino-alcohol motifs (C(OH)–C–C–N with tert-alkyl or cyclic N) is 1. The number of Topliss-reactive ketones (excluding diaryl/α,β-unsaturated/α-hetero) is 1. The quantitative estimate of drug-likeness (QED) is 0.0571. The second-order valence-corrected chi connectivity index (χ2v) is 30.1. The number of carbonyl (C=O) groups is 2. The van der Waals surface area contributed by atoms with E-state index in [0.717, 1.165) is 140 Å². The first-order valence-corrected chi connectivity index (χ1v) is 37.7. The number of amides is 1. The molecular weight excluding hydrogens is 1650 g/mol. The molecule has 0 aromatic heterocycles. The number of ketones is 1. The van der Waals surface area contributed by atoms with E-state index in [0.29, 0.717) is 18.9 Å². The van der Waals surface area contributed by atoms with Gasteiger partial charge in [-0.05, 0) is 193 Å². The van der Waals surface area contributed by atoms with E-state index in [4.69, 9.17) is 28.5 Å². The Morgan fingerprint density at radius 3 is 1.24 bits per heavy atom. The maximum atomic E-state index is 11.9. The molecule has 526 valence electrons. The van der Waals surface area contributed by atoms with Crippen molar-refractivity contribution in [1.82, 2.24) is 24.9 Å². The molecule has 3 atom stereocenters. The number of nitriles is 1. The number of likely N-dealkylation sites (tertiary alicyclic amines) is 4. The highest BCUT2D eigenvalue weighted by Gasteiger charge is 2.39. The number of nitrogens with one attached hydrogen (secondary N) is 1. The predicted molar refractivity (Wildman–Crippen MR) is 423 cm³/mol. The Bertz CT molecular complexity index is 3600. The van der Waals surface area contributed by atoms with E-state index < -0.39 is 16.0 Å². The van der Waals surface area contributed by atoms with Gasteiger partial charge in [-0.2, -0.15) is 13.7 Å². The summed E-state index contributed by atoms with van der Waals surface area (Å²) >= 11 is 16.1. The van der Waals surface area contributed by atoms with Crippen LogP contribution >= 0.6 is 98.7 Å². The van der Waals surface area contributed by atoms with Crippen LogP contribution in [0.25, 0.3) is 0 Å². The lowest BCUT2D eigenvalue weighted by Crippen LogP contribution is -2.55. The van der Waals surface area contributed by atoms with Gasteiger partial charge in [-0.1, -0.05) is 229 Å². The van der Waals surface area contributed by atoms with E-state index >= 15 is 0 Å². The van der Waals surface area contributed by atoms with E-state index in [1.165, 1.54) is 43.9 Å². The first-order chi connectivity index (χ1) is 45.9. The smallest absolute Gasteiger partial charge is 0.384 e. The molecule has 12 rings (SSSR count). The van der Waals surface area contributed by atoms with Crippen molar-refractivity contribution in [3.63, 3.8) is 0 Å². The molecule has 1 amide bonds. The maximum Gasteiger partial charge on any atom is 0.394 e. The third-order valence-corrected chi connectivity index (χ3v) is 19.3. The summed E-state index contributed by atoms with van der Waals surface area (Å²) in [6, 6.07) is 76.7. The van der Waals surface area contributed by atoms with Crippen LogP contribution in [0.2, 0.25) is 0 Å². The highest BCUT2D eigenvalue weighted by molar-refractivity contribution is 14.1. The topological polar surface area (TPSA) is 204 Å². The van der Waals surface area contributed by atoms with Crippen molar-refractivity contribution in [2.75, 3.05) is 52.4 Å². The van der Waals surface area contributed by atoms with Crippen molar-refractivity contribution in [2.24, 2.45) is 5.73 Å². The number of rotatable bonds is 12. The van der Waals surface area contributed by atoms with E-state index in [1.807, 2.05) is 66.7 Å². The molecule has 4 fully saturated rings. The number of carbonyl (C=O) groups excluding carboxylic acids is 2. The minimum Gasteiger partial charge on any atom is -0.384 e. The van der Waals surface area contributed by atoms with Crippen LogP contribution in [-0.2, 0) is 62.8 Å². The molecular formula is C77H93Br4ClIN7O7S. The third-order valence-electron chi connectivity index (χ3n) is 16.5. The number of hydrogen-bond acceptors (Lipinski definition) is 11. The molecule has 8 aromatic rings. The van der Waals surface area contributed by atoms with Crippen molar-refractivity contribution in [3.8, 4) is 6.07 Å². The molecule has 14 nitrogen and oxygen atoms in total. The number of benzene rings is 8. The Hall–Kier alpha value is -5.04. The normalized spacial score (nSPS) is 19.2. The minimum absolute atomic E-state index is 0. The summed E-state index contributed by atoms with van der Waals surface area (Å²) in [7, 11) is -4.67. The van der Waals surface area contributed by atoms with Gasteiger partial charge in [-0.3, -0.25) is 38.3 Å². The van der Waals surface area contributed by atoms with Crippen LogP contribution in [0.5, 0.6) is 0 Å². The SMILES string of the molecule is Brc1ccc(I)cc1.C.CC#N.CC(=O)NC1(c2ccc(Br)cc2)CCCN(Cc2ccccc2)C1.Cl.NC1(c2ccc(Br)cc2)CCCN(Cc2ccccc2)C1.O=C1CCCN(Cc2ccccc2)C1.O=S(=O)(O)O.OC1(c2ccc(Br)cc2)CCCN(Cc2ccccc2)C1. The van der Waals surface area contributed by atoms with Gasteiger partial charge in [0.05, 0.1) is 23.7 Å². The van der Waals surface area contributed by atoms with Gasteiger partial charge in [-0.25, -0.2) is 0 Å². The summed E-state index contributed by atoms with van der Waals surface area (Å²) in [5, 5.41) is 21.6. The van der Waals surface area contributed by atoms with Crippen LogP contribution in [0.1, 0.15) is 112 Å². The fourth-order valence-electron chi connectivity index (χ4n) is 12.2. The van der Waals surface area contributed by atoms with Gasteiger partial charge >= 0.3 is 10.4 Å². The van der Waals surface area contributed by atoms with Crippen LogP contribution in [0.3, 0.4) is 0 Å². The molecule has 21 heteroatoms. The molecule has 0 bridgehead atoms. The van der Waals surface area contributed by atoms with Crippen molar-refractivity contribution >= 4 is 121 Å². The Morgan fingerprint density at radius 2 is 0.857 bits per heavy atom. The number of hydrogen-bond donors (Lipinski definition) is 5. The Kier molecular flexibility index (Phi) is 38.6. The van der Waals surface area contributed by atoms with Gasteiger partial charge < -0.3 is 16.2 Å². The summed E-state index contributed by atoms with van der Waals surface area (Å²) in [6.07, 6.45) is 7.90. The number of nitrogens with two attached hydrogens (primary N) is 1. The van der Waals surface area contributed by atoms with E-state index in [1.54, 1.807) is 13.0 Å². The van der Waals surface area contributed by atoms with Crippen LogP contribution < -0.4 is 11.1 Å². The number of nitrogens with zero attached hydrogens (tertiary/aromatic N) is 5. The summed E-state index contributed by atoms with van der Waals surface area (Å²) in [6.45, 7) is 14.1. The standard InChI is InChI=1S/C20H23BrN2O.C18H21BrN2.C18H20BrNO.C12H15NO.C6H4BrI.C2H3N.CH4.ClH.H2O4S/c1-16(24)22-20(18-8-10-19(21)11-9-18)12-5-13-23(15-20)14-17-6-3-2-4-7-17;19-17-9-7-16(8-10-17)18(20)11-4-12-21(14-18)13-15-5-2-1-3-6-15;19-17-9-7-16(8-10-17)18(21)11-4-12-20(14-18)13-15-5-2-1-3-6-15;14-12-7-4-8-13(10-12)9-11-5-2-1-3-6-11;7-5-1-3-6(8)4-2-5;1-2-3;;;1-5(2,3)4/h2-4,6-11H,5,12-15H2,1H3,(H,22,24);1-3,5-10H,4,11-14,20H2;1-3,5-10,21H,4,11-14H2;1-3,5-6H,4,7-10H2;1-4H;1H3;1H4;1H;(H2,1,2,3,4). The Balaban J connectivity index is 0.000000259. The molecule has 98 heavy (non-hydrogen) atoms. The zero-order valence-electron chi connectivity index (χ0n) is 54.9. The molecule has 0 aliphatic carbocycles. The van der Waals surface area contributed by atoms with Crippen molar-refractivity contribution < 1.29 is 32.2 Å². The van der Waals surface area contributed by atoms with Crippen LogP contribution in [0, 0.1) is 14.9 Å². The van der Waals surface area contributed by atoms with E-state index in [-0.39, 0.29) is 36.8 Å². The van der Waals surface area contributed by atoms with E-state index in [9.17, 15) is 14.7 Å². The molecule has 4 heterocycles. The average molecular weight is 1740 g/mol. The lowest BCUT2D eigenvalue weighted by Gasteiger charge is -2.44. The largest absolute Gasteiger partial charge is 0.394 e. The summed E-state index contributed by atoms with van der Waals surface area (Å²) in [5.74, 6) is 0.409. The second kappa shape index (κ2) is 44.4. The number of halogens is 6. The molecule has 8 aromatic carbocycles. The van der Waals surface area contributed by atoms with Crippen LogP contribution in [0.15, 0.2) is 236 Å². The highest BCUT2D eigenvalue weighted by atomic mass is 127. The van der Waals surface area contributed by atoms with Gasteiger partial charge in [0.25, 0.3) is 0 Å². The van der Waals surface area contributed by atoms with Gasteiger partial charge in [0.15, 0.2) is 0 Å². The molecule has 4 saturated heterocycles. The van der Waals surface area contributed by atoms with Crippen LogP contribution in [0.4, 0.5) is 0 Å². The van der Waals surface area contributed by atoms with Gasteiger partial charge in [-0.15, -0.1) is 12.4 Å². The zero-order chi connectivity index (χ0) is 69.4. The molecule has 3 unspecified atom stereocenters. The fraction of sp³-hybridized carbons (Fsp3) is 0.338. The fourth-order valence-corrected chi connectivity index (χ4v) is 13.6. The number of aliphatic hydroxyl groups is 1. The van der Waals surface area contributed by atoms with E-state index in [2.05, 4.69) is 263 Å². The summed E-state index contributed by atoms with van der Waals surface area (Å²) in [4.78, 5) is 32.6. The van der Waals surface area contributed by atoms with Gasteiger partial charge in [0, 0.05) is 87.5 Å². The molecule has 0 saturated carbocycles. The summed E-state index contributed by atoms with van der Waals surface area (Å²) < 4.78 is 37.2. The highest BCUT2D eigenvalue weighted by Crippen LogP contribution is 2.36. The first kappa shape index (κ1) is 85.4. The Morgan fingerprint density at radius 1 is 0.531 bits per heavy atom. The monoisotopic (exact) mass is 1740 g/mol. The first-order valence-electron chi connectivity index (χ1n) is 32.0. The Labute approximate surface area is 635 Å². The minimum atomic E-state index is -4.67. The van der Waals surface area contributed by atoms with Gasteiger partial charge in [0.2, 0.25) is 5.91 Å². The molecule has 4 aliphatic heterocycles. The molecule has 4 aliphatic rings. The van der Waals surface area contributed by atoms with Crippen molar-refractivity contribution in [2.45, 2.75) is 115 Å². The van der Waals surface area contributed by atoms with Crippen molar-refractivity contribution in [1.29, 1.82) is 5.26 Å². The lowest BCUT2D eigenvalue weighted by atomic mass is 9.82. The molecule has 6 N–H and O–H groups in total. The van der Waals surface area contributed by atoms with Crippen molar-refractivity contribution in [3.05, 3.63) is 279 Å². The predicted octanol–water partition coefficient (Wildman–Crippen LogP) is 17.7. The molecule has 0 radical (unpaired) electrons. The number of piperidine rings is 4. The third kappa shape index (κ3) is 31.9. The molecule has 0 spiro atoms. The lowest BCUT2D eigenvalue weighted by molar-refractivity contribution is -0.123. The van der Waals surface area contributed by atoms with Gasteiger partial charge in [0.1, 0.15) is 11.4 Å². The zero-order valence-corrected chi connectivity index (χ0v) is 65.1. The average Bonchev–Trinajstić information content (AvgIpc) is 0.819.